The van der Waals surface area contributed by atoms with Crippen LogP contribution in [-0.4, -0.2) is 16.5 Å². The predicted octanol–water partition coefficient (Wildman–Crippen LogP) is 1.59. The van der Waals surface area contributed by atoms with Gasteiger partial charge >= 0.3 is 0 Å². The molecule has 0 aliphatic rings. The van der Waals surface area contributed by atoms with Crippen molar-refractivity contribution in [2.24, 2.45) is 0 Å². The summed E-state index contributed by atoms with van der Waals surface area (Å²) >= 11 is 0. The van der Waals surface area contributed by atoms with Gasteiger partial charge in [-0.1, -0.05) is 6.58 Å². The molecule has 0 aliphatic carbocycles. The van der Waals surface area contributed by atoms with Crippen LogP contribution in [0.2, 0.25) is 0 Å². The fraction of sp³-hybridized carbons (Fsp3) is 0. The van der Waals surface area contributed by atoms with Crippen molar-refractivity contribution in [3.05, 3.63) is 36.5 Å². The molecule has 0 bridgehead atoms. The lowest BCUT2D eigenvalue weighted by molar-refractivity contribution is -0.108. The molecule has 1 heterocycles. The maximum atomic E-state index is 10.3. The molecule has 3 N–H and O–H groups in total. The number of carbonyl (C=O) groups is 1. The fourth-order valence-corrected chi connectivity index (χ4v) is 1.55. The van der Waals surface area contributed by atoms with Gasteiger partial charge < -0.3 is 15.4 Å². The SMILES string of the molecule is C=C(NC=O)c1cc(O)cc2[nH]ccc12. The molecular formula is C11H10N2O2. The summed E-state index contributed by atoms with van der Waals surface area (Å²) in [6, 6.07) is 5.05. The van der Waals surface area contributed by atoms with Gasteiger partial charge in [0, 0.05) is 34.4 Å². The Morgan fingerprint density at radius 2 is 2.33 bits per heavy atom. The molecular weight excluding hydrogens is 192 g/mol. The summed E-state index contributed by atoms with van der Waals surface area (Å²) in [6.45, 7) is 3.72. The number of aromatic hydroxyl groups is 1. The van der Waals surface area contributed by atoms with Crippen molar-refractivity contribution in [2.75, 3.05) is 0 Å². The predicted molar refractivity (Wildman–Crippen MR) is 58.2 cm³/mol. The average Bonchev–Trinajstić information content (AvgIpc) is 2.64. The summed E-state index contributed by atoms with van der Waals surface area (Å²) in [5.41, 5.74) is 1.97. The third kappa shape index (κ3) is 1.57. The van der Waals surface area contributed by atoms with E-state index in [0.717, 1.165) is 10.9 Å². The van der Waals surface area contributed by atoms with Crippen molar-refractivity contribution in [2.45, 2.75) is 0 Å². The summed E-state index contributed by atoms with van der Waals surface area (Å²) in [7, 11) is 0. The summed E-state index contributed by atoms with van der Waals surface area (Å²) in [4.78, 5) is 13.3. The van der Waals surface area contributed by atoms with Gasteiger partial charge in [-0.2, -0.15) is 0 Å². The molecule has 2 aromatic rings. The van der Waals surface area contributed by atoms with Gasteiger partial charge in [0.2, 0.25) is 6.41 Å². The molecule has 0 spiro atoms. The van der Waals surface area contributed by atoms with Gasteiger partial charge in [-0.3, -0.25) is 4.79 Å². The van der Waals surface area contributed by atoms with Crippen LogP contribution in [0.4, 0.5) is 0 Å². The van der Waals surface area contributed by atoms with E-state index in [4.69, 9.17) is 0 Å². The van der Waals surface area contributed by atoms with Gasteiger partial charge in [-0.15, -0.1) is 0 Å². The molecule has 1 aromatic heterocycles. The Morgan fingerprint density at radius 3 is 3.07 bits per heavy atom. The van der Waals surface area contributed by atoms with Crippen LogP contribution in [0.15, 0.2) is 31.0 Å². The number of nitrogens with one attached hydrogen (secondary N) is 2. The number of aromatic nitrogens is 1. The van der Waals surface area contributed by atoms with Gasteiger partial charge in [0.15, 0.2) is 0 Å². The van der Waals surface area contributed by atoms with Crippen molar-refractivity contribution in [3.63, 3.8) is 0 Å². The number of aromatic amines is 1. The average molecular weight is 202 g/mol. The topological polar surface area (TPSA) is 65.1 Å². The number of fused-ring (bicyclic) bond motifs is 1. The van der Waals surface area contributed by atoms with E-state index >= 15 is 0 Å². The molecule has 0 radical (unpaired) electrons. The van der Waals surface area contributed by atoms with Gasteiger partial charge in [0.1, 0.15) is 5.75 Å². The number of amides is 1. The Balaban J connectivity index is 2.62. The van der Waals surface area contributed by atoms with E-state index in [2.05, 4.69) is 16.9 Å². The van der Waals surface area contributed by atoms with E-state index in [9.17, 15) is 9.90 Å². The maximum Gasteiger partial charge on any atom is 0.211 e. The minimum absolute atomic E-state index is 0.133. The first-order valence-electron chi connectivity index (χ1n) is 4.42. The number of hydrogen-bond acceptors (Lipinski definition) is 2. The number of benzene rings is 1. The lowest BCUT2D eigenvalue weighted by Gasteiger charge is -2.06. The first kappa shape index (κ1) is 9.33. The largest absolute Gasteiger partial charge is 0.508 e. The highest BCUT2D eigenvalue weighted by molar-refractivity contribution is 5.94. The van der Waals surface area contributed by atoms with Crippen LogP contribution in [0.3, 0.4) is 0 Å². The molecule has 76 valence electrons. The summed E-state index contributed by atoms with van der Waals surface area (Å²) < 4.78 is 0. The molecule has 1 amide bonds. The van der Waals surface area contributed by atoms with Crippen molar-refractivity contribution in [1.29, 1.82) is 0 Å². The van der Waals surface area contributed by atoms with Crippen LogP contribution < -0.4 is 5.32 Å². The Hall–Kier alpha value is -2.23. The maximum absolute atomic E-state index is 10.3. The first-order chi connectivity index (χ1) is 7.22. The molecule has 0 fully saturated rings. The second kappa shape index (κ2) is 3.49. The number of phenolic OH excluding ortho intramolecular Hbond substituents is 1. The van der Waals surface area contributed by atoms with E-state index in [1.54, 1.807) is 18.3 Å². The lowest BCUT2D eigenvalue weighted by atomic mass is 10.1. The van der Waals surface area contributed by atoms with Crippen molar-refractivity contribution >= 4 is 23.0 Å². The van der Waals surface area contributed by atoms with Gasteiger partial charge in [-0.05, 0) is 12.1 Å². The monoisotopic (exact) mass is 202 g/mol. The van der Waals surface area contributed by atoms with E-state index in [0.29, 0.717) is 17.7 Å². The van der Waals surface area contributed by atoms with E-state index in [1.807, 2.05) is 6.07 Å². The Morgan fingerprint density at radius 1 is 1.53 bits per heavy atom. The third-order valence-corrected chi connectivity index (χ3v) is 2.21. The highest BCUT2D eigenvalue weighted by Crippen LogP contribution is 2.27. The number of rotatable bonds is 3. The summed E-state index contributed by atoms with van der Waals surface area (Å²) in [5, 5.41) is 12.8. The number of carbonyl (C=O) groups excluding carboxylic acids is 1. The molecule has 0 atom stereocenters. The quantitative estimate of drug-likeness (QED) is 0.662. The summed E-state index contributed by atoms with van der Waals surface area (Å²) in [5.74, 6) is 0.133. The molecule has 0 saturated heterocycles. The standard InChI is InChI=1S/C11H10N2O2/c1-7(13-6-14)10-4-8(15)5-11-9(10)2-3-12-11/h2-6,12,15H,1H2,(H,13,14). The van der Waals surface area contributed by atoms with E-state index in [-0.39, 0.29) is 5.75 Å². The number of phenols is 1. The smallest absolute Gasteiger partial charge is 0.211 e. The van der Waals surface area contributed by atoms with Gasteiger partial charge in [0.05, 0.1) is 0 Å². The minimum atomic E-state index is 0.133. The molecule has 4 heteroatoms. The van der Waals surface area contributed by atoms with Crippen LogP contribution in [0.25, 0.3) is 16.6 Å². The Kier molecular flexibility index (Phi) is 2.17. The third-order valence-electron chi connectivity index (χ3n) is 2.21. The first-order valence-corrected chi connectivity index (χ1v) is 4.42. The zero-order chi connectivity index (χ0) is 10.8. The van der Waals surface area contributed by atoms with E-state index in [1.165, 1.54) is 0 Å². The second-order valence-corrected chi connectivity index (χ2v) is 3.17. The zero-order valence-electron chi connectivity index (χ0n) is 7.95. The Bertz CT molecular complexity index is 528. The van der Waals surface area contributed by atoms with Crippen LogP contribution in [0.1, 0.15) is 5.56 Å². The van der Waals surface area contributed by atoms with Crippen LogP contribution in [0.5, 0.6) is 5.75 Å². The highest BCUT2D eigenvalue weighted by Gasteiger charge is 2.07. The van der Waals surface area contributed by atoms with Crippen molar-refractivity contribution in [1.82, 2.24) is 10.3 Å². The molecule has 4 nitrogen and oxygen atoms in total. The highest BCUT2D eigenvalue weighted by atomic mass is 16.3. The fourth-order valence-electron chi connectivity index (χ4n) is 1.55. The molecule has 1 aromatic carbocycles. The van der Waals surface area contributed by atoms with Crippen LogP contribution in [-0.2, 0) is 4.79 Å². The van der Waals surface area contributed by atoms with E-state index < -0.39 is 0 Å². The normalized spacial score (nSPS) is 10.1. The number of hydrogen-bond donors (Lipinski definition) is 3. The second-order valence-electron chi connectivity index (χ2n) is 3.17. The van der Waals surface area contributed by atoms with Crippen LogP contribution >= 0.6 is 0 Å². The van der Waals surface area contributed by atoms with Crippen molar-refractivity contribution in [3.8, 4) is 5.75 Å². The summed E-state index contributed by atoms with van der Waals surface area (Å²) in [6.07, 6.45) is 2.33. The molecule has 0 unspecified atom stereocenters. The van der Waals surface area contributed by atoms with Crippen molar-refractivity contribution < 1.29 is 9.90 Å². The number of H-pyrrole nitrogens is 1. The van der Waals surface area contributed by atoms with Gasteiger partial charge in [-0.25, -0.2) is 0 Å². The van der Waals surface area contributed by atoms with Crippen LogP contribution in [0, 0.1) is 0 Å². The lowest BCUT2D eigenvalue weighted by Crippen LogP contribution is -2.07. The zero-order valence-corrected chi connectivity index (χ0v) is 7.95. The minimum Gasteiger partial charge on any atom is -0.508 e. The molecule has 2 rings (SSSR count). The Labute approximate surface area is 86.2 Å². The molecule has 0 saturated carbocycles. The molecule has 0 aliphatic heterocycles. The van der Waals surface area contributed by atoms with Gasteiger partial charge in [0.25, 0.3) is 0 Å². The molecule has 15 heavy (non-hydrogen) atoms.